The first-order valence-electron chi connectivity index (χ1n) is 10.9. The predicted octanol–water partition coefficient (Wildman–Crippen LogP) is 3.45. The zero-order valence-electron chi connectivity index (χ0n) is 18.7. The van der Waals surface area contributed by atoms with Gasteiger partial charge in [0.15, 0.2) is 0 Å². The largest absolute Gasteiger partial charge is 0.417 e. The van der Waals surface area contributed by atoms with E-state index in [1.54, 1.807) is 18.3 Å². The van der Waals surface area contributed by atoms with E-state index in [-0.39, 0.29) is 36.7 Å². The Morgan fingerprint density at radius 2 is 1.61 bits per heavy atom. The molecular formula is C23H22F3N3O5S2. The molecule has 0 saturated carbocycles. The van der Waals surface area contributed by atoms with Gasteiger partial charge >= 0.3 is 6.18 Å². The van der Waals surface area contributed by atoms with E-state index >= 15 is 0 Å². The first-order valence-corrected chi connectivity index (χ1v) is 13.8. The summed E-state index contributed by atoms with van der Waals surface area (Å²) < 4.78 is 95.4. The van der Waals surface area contributed by atoms with Gasteiger partial charge < -0.3 is 9.88 Å². The monoisotopic (exact) mass is 541 g/mol. The molecule has 1 aliphatic rings. The molecule has 1 fully saturated rings. The van der Waals surface area contributed by atoms with Crippen molar-refractivity contribution in [3.05, 3.63) is 78.1 Å². The van der Waals surface area contributed by atoms with Crippen molar-refractivity contribution in [1.29, 1.82) is 0 Å². The van der Waals surface area contributed by atoms with E-state index in [2.05, 4.69) is 9.71 Å². The highest BCUT2D eigenvalue weighted by molar-refractivity contribution is 7.91. The number of halogens is 3. The number of sulfonamides is 1. The number of sulfone groups is 1. The number of carbonyl (C=O) groups excluding carboxylic acids is 1. The molecule has 13 heteroatoms. The number of nitrogens with zero attached hydrogens (tertiary/aromatic N) is 1. The van der Waals surface area contributed by atoms with Crippen LogP contribution >= 0.6 is 0 Å². The molecule has 1 saturated heterocycles. The summed E-state index contributed by atoms with van der Waals surface area (Å²) in [6, 6.07) is 9.61. The number of aromatic amines is 1. The van der Waals surface area contributed by atoms with Crippen LogP contribution in [-0.2, 0) is 26.0 Å². The topological polar surface area (TPSA) is 116 Å². The van der Waals surface area contributed by atoms with Gasteiger partial charge in [0, 0.05) is 31.5 Å². The molecule has 1 amide bonds. The van der Waals surface area contributed by atoms with Gasteiger partial charge in [-0.25, -0.2) is 21.6 Å². The molecule has 0 atom stereocenters. The van der Waals surface area contributed by atoms with Crippen molar-refractivity contribution in [1.82, 2.24) is 14.6 Å². The third kappa shape index (κ3) is 5.32. The first-order chi connectivity index (χ1) is 16.9. The lowest BCUT2D eigenvalue weighted by molar-refractivity contribution is -0.139. The van der Waals surface area contributed by atoms with Crippen molar-refractivity contribution in [2.24, 2.45) is 0 Å². The number of hydrogen-bond acceptors (Lipinski definition) is 5. The maximum atomic E-state index is 13.7. The number of piperidine rings is 1. The van der Waals surface area contributed by atoms with Crippen LogP contribution in [0.5, 0.6) is 0 Å². The van der Waals surface area contributed by atoms with Crippen molar-refractivity contribution in [3.8, 4) is 0 Å². The van der Waals surface area contributed by atoms with Crippen molar-refractivity contribution < 1.29 is 34.8 Å². The van der Waals surface area contributed by atoms with E-state index < -0.39 is 47.4 Å². The highest BCUT2D eigenvalue weighted by Gasteiger charge is 2.39. The summed E-state index contributed by atoms with van der Waals surface area (Å²) in [5.41, 5.74) is -1.03. The Morgan fingerprint density at radius 3 is 2.19 bits per heavy atom. The quantitative estimate of drug-likeness (QED) is 0.496. The fourth-order valence-electron chi connectivity index (χ4n) is 3.98. The SMILES string of the molecule is O=C(c1cc[nH]c1)N1CCC(NS(=O)(=O)c2cc(S(=O)(=O)c3ccccc3)ccc2C(F)(F)F)CC1. The van der Waals surface area contributed by atoms with Gasteiger partial charge in [0.1, 0.15) is 0 Å². The molecule has 3 aromatic rings. The molecule has 36 heavy (non-hydrogen) atoms. The normalized spacial score (nSPS) is 15.7. The predicted molar refractivity (Wildman–Crippen MR) is 123 cm³/mol. The van der Waals surface area contributed by atoms with Crippen LogP contribution in [0, 0.1) is 0 Å². The number of carbonyl (C=O) groups is 1. The summed E-state index contributed by atoms with van der Waals surface area (Å²) in [6.45, 7) is 0.400. The molecule has 2 heterocycles. The number of amides is 1. The fourth-order valence-corrected chi connectivity index (χ4v) is 6.92. The Morgan fingerprint density at radius 1 is 0.944 bits per heavy atom. The van der Waals surface area contributed by atoms with Gasteiger partial charge in [0.25, 0.3) is 5.91 Å². The van der Waals surface area contributed by atoms with Gasteiger partial charge in [0.2, 0.25) is 19.9 Å². The zero-order chi connectivity index (χ0) is 26.1. The molecule has 1 aliphatic heterocycles. The molecule has 0 unspecified atom stereocenters. The minimum Gasteiger partial charge on any atom is -0.367 e. The number of aromatic nitrogens is 1. The van der Waals surface area contributed by atoms with Gasteiger partial charge in [-0.3, -0.25) is 4.79 Å². The van der Waals surface area contributed by atoms with Crippen LogP contribution in [0.15, 0.2) is 81.7 Å². The van der Waals surface area contributed by atoms with E-state index in [0.29, 0.717) is 17.7 Å². The summed E-state index contributed by atoms with van der Waals surface area (Å²) in [4.78, 5) is 14.8. The minimum absolute atomic E-state index is 0.179. The second kappa shape index (κ2) is 9.71. The smallest absolute Gasteiger partial charge is 0.367 e. The number of likely N-dealkylation sites (tertiary alicyclic amines) is 1. The molecule has 8 nitrogen and oxygen atoms in total. The Hall–Kier alpha value is -3.16. The average Bonchev–Trinajstić information content (AvgIpc) is 3.38. The minimum atomic E-state index is -5.04. The lowest BCUT2D eigenvalue weighted by Crippen LogP contribution is -2.46. The van der Waals surface area contributed by atoms with E-state index in [1.165, 1.54) is 35.4 Å². The third-order valence-electron chi connectivity index (χ3n) is 5.86. The Bertz CT molecular complexity index is 1450. The van der Waals surface area contributed by atoms with Gasteiger partial charge in [-0.15, -0.1) is 0 Å². The third-order valence-corrected chi connectivity index (χ3v) is 9.19. The molecule has 0 spiro atoms. The van der Waals surface area contributed by atoms with E-state index in [1.807, 2.05) is 0 Å². The van der Waals surface area contributed by atoms with Crippen LogP contribution < -0.4 is 4.72 Å². The molecule has 192 valence electrons. The lowest BCUT2D eigenvalue weighted by Gasteiger charge is -2.32. The van der Waals surface area contributed by atoms with Gasteiger partial charge in [-0.1, -0.05) is 18.2 Å². The summed E-state index contributed by atoms with van der Waals surface area (Å²) in [5.74, 6) is -0.240. The molecule has 0 aliphatic carbocycles. The molecule has 1 aromatic heterocycles. The van der Waals surface area contributed by atoms with E-state index in [0.717, 1.165) is 6.07 Å². The number of nitrogens with one attached hydrogen (secondary N) is 2. The molecule has 0 radical (unpaired) electrons. The van der Waals surface area contributed by atoms with Crippen LogP contribution in [-0.4, -0.2) is 51.8 Å². The number of rotatable bonds is 6. The maximum Gasteiger partial charge on any atom is 0.417 e. The van der Waals surface area contributed by atoms with E-state index in [9.17, 15) is 34.8 Å². The van der Waals surface area contributed by atoms with Crippen LogP contribution in [0.1, 0.15) is 28.8 Å². The van der Waals surface area contributed by atoms with E-state index in [4.69, 9.17) is 0 Å². The molecule has 0 bridgehead atoms. The standard InChI is InChI=1S/C23H22F3N3O5S2/c24-23(25,26)20-7-6-19(35(31,32)18-4-2-1-3-5-18)14-21(20)36(33,34)28-17-9-12-29(13-10-17)22(30)16-8-11-27-15-16/h1-8,11,14-15,17,27-28H,9-10,12-13H2. The number of alkyl halides is 3. The highest BCUT2D eigenvalue weighted by atomic mass is 32.2. The van der Waals surface area contributed by atoms with Crippen molar-refractivity contribution in [2.45, 2.75) is 39.7 Å². The van der Waals surface area contributed by atoms with Crippen molar-refractivity contribution >= 4 is 25.8 Å². The maximum absolute atomic E-state index is 13.7. The first kappa shape index (κ1) is 25.9. The number of H-pyrrole nitrogens is 1. The van der Waals surface area contributed by atoms with Crippen LogP contribution in [0.3, 0.4) is 0 Å². The molecule has 2 aromatic carbocycles. The second-order valence-corrected chi connectivity index (χ2v) is 11.9. The van der Waals surface area contributed by atoms with Crippen molar-refractivity contribution in [3.63, 3.8) is 0 Å². The zero-order valence-corrected chi connectivity index (χ0v) is 20.3. The Labute approximate surface area is 206 Å². The molecule has 4 rings (SSSR count). The lowest BCUT2D eigenvalue weighted by atomic mass is 10.1. The van der Waals surface area contributed by atoms with Crippen LogP contribution in [0.4, 0.5) is 13.2 Å². The summed E-state index contributed by atoms with van der Waals surface area (Å²) in [7, 11) is -9.02. The van der Waals surface area contributed by atoms with Crippen LogP contribution in [0.2, 0.25) is 0 Å². The summed E-state index contributed by atoms with van der Waals surface area (Å²) in [6.07, 6.45) is -1.55. The van der Waals surface area contributed by atoms with Gasteiger partial charge in [0.05, 0.1) is 25.8 Å². The average molecular weight is 542 g/mol. The number of benzene rings is 2. The van der Waals surface area contributed by atoms with Gasteiger partial charge in [-0.2, -0.15) is 13.2 Å². The fraction of sp³-hybridized carbons (Fsp3) is 0.261. The number of hydrogen-bond donors (Lipinski definition) is 2. The summed E-state index contributed by atoms with van der Waals surface area (Å²) >= 11 is 0. The highest BCUT2D eigenvalue weighted by Crippen LogP contribution is 2.36. The molecular weight excluding hydrogens is 519 g/mol. The van der Waals surface area contributed by atoms with Crippen LogP contribution in [0.25, 0.3) is 0 Å². The second-order valence-electron chi connectivity index (χ2n) is 8.26. The van der Waals surface area contributed by atoms with Gasteiger partial charge in [-0.05, 0) is 49.2 Å². The molecule has 2 N–H and O–H groups in total. The Balaban J connectivity index is 1.60. The van der Waals surface area contributed by atoms with Crippen molar-refractivity contribution in [2.75, 3.05) is 13.1 Å². The summed E-state index contributed by atoms with van der Waals surface area (Å²) in [5, 5.41) is 0. The Kier molecular flexibility index (Phi) is 6.99.